The van der Waals surface area contributed by atoms with Gasteiger partial charge < -0.3 is 10.2 Å². The molecule has 1 amide bonds. The quantitative estimate of drug-likeness (QED) is 0.666. The third kappa shape index (κ3) is 4.45. The molecule has 4 heterocycles. The van der Waals surface area contributed by atoms with Crippen molar-refractivity contribution in [3.63, 3.8) is 0 Å². The van der Waals surface area contributed by atoms with Crippen LogP contribution in [0.15, 0.2) is 49.2 Å². The molecule has 0 aliphatic carbocycles. The van der Waals surface area contributed by atoms with Crippen molar-refractivity contribution in [3.05, 3.63) is 60.6 Å². The Morgan fingerprint density at radius 2 is 1.97 bits per heavy atom. The van der Waals surface area contributed by atoms with Crippen LogP contribution >= 0.6 is 0 Å². The van der Waals surface area contributed by atoms with Crippen LogP contribution in [0.1, 0.15) is 30.1 Å². The smallest absolute Gasteiger partial charge is 0.246 e. The maximum Gasteiger partial charge on any atom is 0.246 e. The molecule has 1 aliphatic rings. The van der Waals surface area contributed by atoms with E-state index in [1.165, 1.54) is 0 Å². The number of aryl methyl sites for hydroxylation is 1. The molecule has 1 N–H and O–H groups in total. The lowest BCUT2D eigenvalue weighted by Gasteiger charge is -2.32. The van der Waals surface area contributed by atoms with Crippen molar-refractivity contribution >= 4 is 23.7 Å². The van der Waals surface area contributed by atoms with Crippen LogP contribution in [0, 0.1) is 0 Å². The molecule has 29 heavy (non-hydrogen) atoms. The SMILES string of the molecule is Cn1nccc1/C=C/C(=O)N1CCC[C@@H](c2nccnc2Nc2ncccn2)C1. The van der Waals surface area contributed by atoms with Crippen LogP contribution in [0.3, 0.4) is 0 Å². The third-order valence-electron chi connectivity index (χ3n) is 4.90. The van der Waals surface area contributed by atoms with E-state index in [1.807, 2.05) is 18.0 Å². The zero-order chi connectivity index (χ0) is 20.1. The number of aromatic nitrogens is 6. The molecule has 9 nitrogen and oxygen atoms in total. The van der Waals surface area contributed by atoms with Gasteiger partial charge in [-0.05, 0) is 31.1 Å². The van der Waals surface area contributed by atoms with Gasteiger partial charge in [-0.3, -0.25) is 14.5 Å². The Morgan fingerprint density at radius 1 is 1.14 bits per heavy atom. The van der Waals surface area contributed by atoms with Gasteiger partial charge in [-0.15, -0.1) is 0 Å². The molecule has 0 spiro atoms. The minimum absolute atomic E-state index is 0.0132. The van der Waals surface area contributed by atoms with Gasteiger partial charge in [0, 0.05) is 63.1 Å². The second-order valence-corrected chi connectivity index (χ2v) is 6.82. The minimum Gasteiger partial charge on any atom is -0.338 e. The first kappa shape index (κ1) is 18.7. The second kappa shape index (κ2) is 8.59. The number of piperidine rings is 1. The molecule has 3 aromatic rings. The Hall–Kier alpha value is -3.62. The molecule has 0 saturated carbocycles. The van der Waals surface area contributed by atoms with Crippen molar-refractivity contribution < 1.29 is 4.79 Å². The summed E-state index contributed by atoms with van der Waals surface area (Å²) in [5, 5.41) is 7.25. The summed E-state index contributed by atoms with van der Waals surface area (Å²) in [6.07, 6.45) is 13.6. The summed E-state index contributed by atoms with van der Waals surface area (Å²) in [5.41, 5.74) is 1.71. The maximum atomic E-state index is 12.7. The fraction of sp³-hybridized carbons (Fsp3) is 0.300. The number of anilines is 2. The molecule has 9 heteroatoms. The first-order valence-electron chi connectivity index (χ1n) is 9.50. The van der Waals surface area contributed by atoms with Crippen LogP contribution in [-0.2, 0) is 11.8 Å². The summed E-state index contributed by atoms with van der Waals surface area (Å²) in [6, 6.07) is 3.62. The number of nitrogens with zero attached hydrogens (tertiary/aromatic N) is 7. The van der Waals surface area contributed by atoms with Crippen LogP contribution in [0.2, 0.25) is 0 Å². The largest absolute Gasteiger partial charge is 0.338 e. The highest BCUT2D eigenvalue weighted by Crippen LogP contribution is 2.30. The molecule has 1 fully saturated rings. The molecule has 148 valence electrons. The van der Waals surface area contributed by atoms with Gasteiger partial charge in [0.05, 0.1) is 11.4 Å². The van der Waals surface area contributed by atoms with E-state index in [2.05, 4.69) is 30.4 Å². The van der Waals surface area contributed by atoms with Gasteiger partial charge in [0.15, 0.2) is 5.82 Å². The van der Waals surface area contributed by atoms with E-state index in [-0.39, 0.29) is 11.8 Å². The molecule has 0 aromatic carbocycles. The van der Waals surface area contributed by atoms with E-state index in [9.17, 15) is 4.79 Å². The van der Waals surface area contributed by atoms with Crippen LogP contribution < -0.4 is 5.32 Å². The standard InChI is InChI=1S/C20H22N8O/c1-27-16(7-10-25-27)5-6-17(29)28-13-2-4-15(14-28)18-19(22-12-11-21-18)26-20-23-8-3-9-24-20/h3,5-12,15H,2,4,13-14H2,1H3,(H,22,23,24,26)/b6-5+/t15-/m1/s1. The number of amides is 1. The molecule has 3 aromatic heterocycles. The van der Waals surface area contributed by atoms with E-state index < -0.39 is 0 Å². The van der Waals surface area contributed by atoms with E-state index in [0.717, 1.165) is 30.8 Å². The van der Waals surface area contributed by atoms with E-state index in [0.29, 0.717) is 18.3 Å². The van der Waals surface area contributed by atoms with Crippen molar-refractivity contribution in [1.82, 2.24) is 34.6 Å². The summed E-state index contributed by atoms with van der Waals surface area (Å²) >= 11 is 0. The zero-order valence-corrected chi connectivity index (χ0v) is 16.1. The second-order valence-electron chi connectivity index (χ2n) is 6.82. The number of carbonyl (C=O) groups excluding carboxylic acids is 1. The number of hydrogen-bond donors (Lipinski definition) is 1. The van der Waals surface area contributed by atoms with E-state index in [1.54, 1.807) is 53.9 Å². The lowest BCUT2D eigenvalue weighted by atomic mass is 9.94. The highest BCUT2D eigenvalue weighted by atomic mass is 16.2. The van der Waals surface area contributed by atoms with Gasteiger partial charge >= 0.3 is 0 Å². The molecular weight excluding hydrogens is 368 g/mol. The predicted octanol–water partition coefficient (Wildman–Crippen LogP) is 2.16. The van der Waals surface area contributed by atoms with Crippen molar-refractivity contribution in [2.24, 2.45) is 7.05 Å². The monoisotopic (exact) mass is 390 g/mol. The van der Waals surface area contributed by atoms with Crippen LogP contribution in [0.25, 0.3) is 6.08 Å². The fourth-order valence-electron chi connectivity index (χ4n) is 3.42. The summed E-state index contributed by atoms with van der Waals surface area (Å²) in [5.74, 6) is 1.18. The first-order chi connectivity index (χ1) is 14.2. The molecule has 1 atom stereocenters. The van der Waals surface area contributed by atoms with Crippen molar-refractivity contribution in [1.29, 1.82) is 0 Å². The lowest BCUT2D eigenvalue weighted by Crippen LogP contribution is -2.38. The lowest BCUT2D eigenvalue weighted by molar-refractivity contribution is -0.127. The Morgan fingerprint density at radius 3 is 2.76 bits per heavy atom. The van der Waals surface area contributed by atoms with Crippen molar-refractivity contribution in [2.45, 2.75) is 18.8 Å². The molecular formula is C20H22N8O. The summed E-state index contributed by atoms with van der Waals surface area (Å²) < 4.78 is 1.73. The Bertz CT molecular complexity index is 1000. The number of carbonyl (C=O) groups is 1. The number of hydrogen-bond acceptors (Lipinski definition) is 7. The van der Waals surface area contributed by atoms with Gasteiger partial charge in [0.25, 0.3) is 0 Å². The average Bonchev–Trinajstić information content (AvgIpc) is 3.18. The average molecular weight is 390 g/mol. The number of rotatable bonds is 5. The van der Waals surface area contributed by atoms with Gasteiger partial charge in [-0.1, -0.05) is 0 Å². The summed E-state index contributed by atoms with van der Waals surface area (Å²) in [6.45, 7) is 1.33. The van der Waals surface area contributed by atoms with Gasteiger partial charge in [0.1, 0.15) is 0 Å². The van der Waals surface area contributed by atoms with Crippen LogP contribution in [0.4, 0.5) is 11.8 Å². The molecule has 0 radical (unpaired) electrons. The Kier molecular flexibility index (Phi) is 5.55. The predicted molar refractivity (Wildman–Crippen MR) is 108 cm³/mol. The van der Waals surface area contributed by atoms with Crippen LogP contribution in [0.5, 0.6) is 0 Å². The van der Waals surface area contributed by atoms with Crippen molar-refractivity contribution in [2.75, 3.05) is 18.4 Å². The van der Waals surface area contributed by atoms with Gasteiger partial charge in [-0.2, -0.15) is 5.10 Å². The van der Waals surface area contributed by atoms with E-state index >= 15 is 0 Å². The Balaban J connectivity index is 1.48. The van der Waals surface area contributed by atoms with Gasteiger partial charge in [0.2, 0.25) is 11.9 Å². The molecule has 0 unspecified atom stereocenters. The van der Waals surface area contributed by atoms with Crippen molar-refractivity contribution in [3.8, 4) is 0 Å². The third-order valence-corrected chi connectivity index (χ3v) is 4.90. The zero-order valence-electron chi connectivity index (χ0n) is 16.1. The van der Waals surface area contributed by atoms with Crippen LogP contribution in [-0.4, -0.2) is 53.6 Å². The normalized spacial score (nSPS) is 16.9. The molecule has 4 rings (SSSR count). The molecule has 1 aliphatic heterocycles. The minimum atomic E-state index is -0.0132. The van der Waals surface area contributed by atoms with E-state index in [4.69, 9.17) is 0 Å². The molecule has 1 saturated heterocycles. The topological polar surface area (TPSA) is 102 Å². The highest BCUT2D eigenvalue weighted by molar-refractivity contribution is 5.91. The fourth-order valence-corrected chi connectivity index (χ4v) is 3.42. The summed E-state index contributed by atoms with van der Waals surface area (Å²) in [7, 11) is 1.85. The highest BCUT2D eigenvalue weighted by Gasteiger charge is 2.27. The summed E-state index contributed by atoms with van der Waals surface area (Å²) in [4.78, 5) is 31.9. The van der Waals surface area contributed by atoms with Gasteiger partial charge in [-0.25, -0.2) is 15.0 Å². The number of likely N-dealkylation sites (tertiary alicyclic amines) is 1. The number of nitrogens with one attached hydrogen (secondary N) is 1. The first-order valence-corrected chi connectivity index (χ1v) is 9.50. The molecule has 0 bridgehead atoms. The maximum absolute atomic E-state index is 12.7. The Labute approximate surface area is 168 Å².